The molecular weight excluding hydrogens is 268 g/mol. The van der Waals surface area contributed by atoms with Crippen molar-refractivity contribution in [3.63, 3.8) is 0 Å². The van der Waals surface area contributed by atoms with Gasteiger partial charge in [0.05, 0.1) is 6.54 Å². The van der Waals surface area contributed by atoms with Crippen molar-refractivity contribution >= 4 is 27.5 Å². The molecule has 1 rings (SSSR count). The topological polar surface area (TPSA) is 41.1 Å². The average molecular weight is 283 g/mol. The minimum absolute atomic E-state index is 0.0358. The minimum atomic E-state index is -0.0358. The van der Waals surface area contributed by atoms with Gasteiger partial charge in [0.1, 0.15) is 0 Å². The van der Waals surface area contributed by atoms with Gasteiger partial charge in [-0.05, 0) is 37.2 Å². The minimum Gasteiger partial charge on any atom is -0.325 e. The van der Waals surface area contributed by atoms with E-state index < -0.39 is 0 Å². The van der Waals surface area contributed by atoms with E-state index in [-0.39, 0.29) is 5.91 Å². The second-order valence-corrected chi connectivity index (χ2v) is 4.22. The quantitative estimate of drug-likeness (QED) is 0.622. The van der Waals surface area contributed by atoms with Gasteiger partial charge in [-0.2, -0.15) is 0 Å². The fourth-order valence-electron chi connectivity index (χ4n) is 1.14. The summed E-state index contributed by atoms with van der Waals surface area (Å²) in [5.74, 6) is -0.0358. The molecule has 0 saturated carbocycles. The van der Waals surface area contributed by atoms with E-state index >= 15 is 0 Å². The van der Waals surface area contributed by atoms with Crippen LogP contribution in [-0.4, -0.2) is 19.0 Å². The van der Waals surface area contributed by atoms with Crippen LogP contribution in [0.15, 0.2) is 41.4 Å². The first kappa shape index (κ1) is 12.9. The van der Waals surface area contributed by atoms with Crippen LogP contribution < -0.4 is 10.6 Å². The maximum Gasteiger partial charge on any atom is 0.238 e. The molecule has 86 valence electrons. The van der Waals surface area contributed by atoms with Crippen molar-refractivity contribution in [3.8, 4) is 0 Å². The fraction of sp³-hybridized carbons (Fsp3) is 0.250. The molecule has 0 fully saturated rings. The van der Waals surface area contributed by atoms with Crippen molar-refractivity contribution in [2.45, 2.75) is 6.42 Å². The fourth-order valence-corrected chi connectivity index (χ4v) is 1.41. The van der Waals surface area contributed by atoms with Crippen LogP contribution in [0, 0.1) is 0 Å². The summed E-state index contributed by atoms with van der Waals surface area (Å²) in [7, 11) is 0. The number of hydrogen-bond acceptors (Lipinski definition) is 2. The number of carbonyl (C=O) groups excluding carboxylic acids is 1. The molecule has 0 spiro atoms. The van der Waals surface area contributed by atoms with Gasteiger partial charge in [-0.3, -0.25) is 4.79 Å². The van der Waals surface area contributed by atoms with Crippen LogP contribution in [0.1, 0.15) is 6.42 Å². The lowest BCUT2D eigenvalue weighted by molar-refractivity contribution is -0.115. The van der Waals surface area contributed by atoms with Crippen LogP contribution in [0.3, 0.4) is 0 Å². The summed E-state index contributed by atoms with van der Waals surface area (Å²) < 4.78 is 0.995. The number of benzene rings is 1. The van der Waals surface area contributed by atoms with Crippen molar-refractivity contribution in [3.05, 3.63) is 41.4 Å². The molecule has 16 heavy (non-hydrogen) atoms. The van der Waals surface area contributed by atoms with Crippen molar-refractivity contribution in [2.24, 2.45) is 0 Å². The number of hydrogen-bond donors (Lipinski definition) is 2. The summed E-state index contributed by atoms with van der Waals surface area (Å²) in [6.45, 7) is 4.71. The van der Waals surface area contributed by atoms with E-state index in [1.54, 1.807) is 0 Å². The standard InChI is InChI=1S/C12H15BrN2O/c1-2-3-8-14-9-12(16)15-11-6-4-10(13)5-7-11/h2,4-7,14H,1,3,8-9H2,(H,15,16). The molecule has 4 heteroatoms. The number of rotatable bonds is 6. The van der Waals surface area contributed by atoms with Gasteiger partial charge in [0.2, 0.25) is 5.91 Å². The van der Waals surface area contributed by atoms with Crippen LogP contribution in [0.25, 0.3) is 0 Å². The van der Waals surface area contributed by atoms with Crippen LogP contribution in [0.5, 0.6) is 0 Å². The maximum atomic E-state index is 11.4. The molecular formula is C12H15BrN2O. The van der Waals surface area contributed by atoms with Crippen LogP contribution in [0.4, 0.5) is 5.69 Å². The third-order valence-electron chi connectivity index (χ3n) is 1.94. The molecule has 0 bridgehead atoms. The zero-order valence-corrected chi connectivity index (χ0v) is 10.6. The van der Waals surface area contributed by atoms with Gasteiger partial charge in [-0.1, -0.05) is 22.0 Å². The van der Waals surface area contributed by atoms with E-state index in [9.17, 15) is 4.79 Å². The molecule has 0 aliphatic rings. The van der Waals surface area contributed by atoms with Gasteiger partial charge < -0.3 is 10.6 Å². The Morgan fingerprint density at radius 1 is 1.38 bits per heavy atom. The summed E-state index contributed by atoms with van der Waals surface area (Å²) in [5, 5.41) is 5.82. The van der Waals surface area contributed by atoms with Gasteiger partial charge in [0, 0.05) is 10.2 Å². The van der Waals surface area contributed by atoms with E-state index in [0.29, 0.717) is 6.54 Å². The Hall–Kier alpha value is -1.13. The highest BCUT2D eigenvalue weighted by atomic mass is 79.9. The summed E-state index contributed by atoms with van der Waals surface area (Å²) in [4.78, 5) is 11.4. The first-order chi connectivity index (χ1) is 7.72. The van der Waals surface area contributed by atoms with Gasteiger partial charge in [-0.15, -0.1) is 6.58 Å². The summed E-state index contributed by atoms with van der Waals surface area (Å²) >= 11 is 3.34. The Labute approximate surface area is 104 Å². The molecule has 0 aromatic heterocycles. The third kappa shape index (κ3) is 5.09. The lowest BCUT2D eigenvalue weighted by Crippen LogP contribution is -2.28. The molecule has 1 aromatic rings. The molecule has 0 radical (unpaired) electrons. The van der Waals surface area contributed by atoms with Crippen LogP contribution in [0.2, 0.25) is 0 Å². The van der Waals surface area contributed by atoms with E-state index in [0.717, 1.165) is 23.1 Å². The Morgan fingerprint density at radius 3 is 2.69 bits per heavy atom. The smallest absolute Gasteiger partial charge is 0.238 e. The molecule has 1 amide bonds. The monoisotopic (exact) mass is 282 g/mol. The van der Waals surface area contributed by atoms with E-state index in [2.05, 4.69) is 33.1 Å². The second kappa shape index (κ2) is 7.19. The molecule has 0 aliphatic carbocycles. The molecule has 0 saturated heterocycles. The molecule has 1 aromatic carbocycles. The van der Waals surface area contributed by atoms with Gasteiger partial charge in [0.15, 0.2) is 0 Å². The predicted molar refractivity (Wildman–Crippen MR) is 70.5 cm³/mol. The second-order valence-electron chi connectivity index (χ2n) is 3.31. The summed E-state index contributed by atoms with van der Waals surface area (Å²) in [6.07, 6.45) is 2.69. The van der Waals surface area contributed by atoms with E-state index in [1.807, 2.05) is 30.3 Å². The third-order valence-corrected chi connectivity index (χ3v) is 2.47. The molecule has 0 heterocycles. The first-order valence-corrected chi connectivity index (χ1v) is 5.88. The highest BCUT2D eigenvalue weighted by Gasteiger charge is 2.00. The lowest BCUT2D eigenvalue weighted by atomic mass is 10.3. The number of anilines is 1. The largest absolute Gasteiger partial charge is 0.325 e. The van der Waals surface area contributed by atoms with Crippen molar-refractivity contribution < 1.29 is 4.79 Å². The van der Waals surface area contributed by atoms with Gasteiger partial charge in [-0.25, -0.2) is 0 Å². The molecule has 0 atom stereocenters. The maximum absolute atomic E-state index is 11.4. The Morgan fingerprint density at radius 2 is 2.06 bits per heavy atom. The van der Waals surface area contributed by atoms with Crippen LogP contribution >= 0.6 is 15.9 Å². The van der Waals surface area contributed by atoms with Crippen molar-refractivity contribution in [1.29, 1.82) is 0 Å². The first-order valence-electron chi connectivity index (χ1n) is 5.09. The molecule has 3 nitrogen and oxygen atoms in total. The number of carbonyl (C=O) groups is 1. The highest BCUT2D eigenvalue weighted by Crippen LogP contribution is 2.13. The molecule has 0 unspecified atom stereocenters. The highest BCUT2D eigenvalue weighted by molar-refractivity contribution is 9.10. The molecule has 2 N–H and O–H groups in total. The summed E-state index contributed by atoms with van der Waals surface area (Å²) in [5.41, 5.74) is 0.804. The average Bonchev–Trinajstić information content (AvgIpc) is 2.28. The Kier molecular flexibility index (Phi) is 5.82. The summed E-state index contributed by atoms with van der Waals surface area (Å²) in [6, 6.07) is 7.49. The lowest BCUT2D eigenvalue weighted by Gasteiger charge is -2.05. The van der Waals surface area contributed by atoms with E-state index in [4.69, 9.17) is 0 Å². The normalized spacial score (nSPS) is 9.81. The zero-order chi connectivity index (χ0) is 11.8. The Bertz CT molecular complexity index is 349. The van der Waals surface area contributed by atoms with Crippen molar-refractivity contribution in [1.82, 2.24) is 5.32 Å². The number of halogens is 1. The predicted octanol–water partition coefficient (Wildman–Crippen LogP) is 2.55. The van der Waals surface area contributed by atoms with Crippen LogP contribution in [-0.2, 0) is 4.79 Å². The Balaban J connectivity index is 2.28. The van der Waals surface area contributed by atoms with E-state index in [1.165, 1.54) is 0 Å². The number of amides is 1. The zero-order valence-electron chi connectivity index (χ0n) is 9.00. The SMILES string of the molecule is C=CCCNCC(=O)Nc1ccc(Br)cc1. The van der Waals surface area contributed by atoms with Gasteiger partial charge >= 0.3 is 0 Å². The van der Waals surface area contributed by atoms with Gasteiger partial charge in [0.25, 0.3) is 0 Å². The molecule has 0 aliphatic heterocycles. The number of nitrogens with one attached hydrogen (secondary N) is 2. The van der Waals surface area contributed by atoms with Crippen molar-refractivity contribution in [2.75, 3.05) is 18.4 Å².